The average molecular weight is 649 g/mol. The maximum atomic E-state index is 13.7. The maximum Gasteiger partial charge on any atom is 0.323 e. The average Bonchev–Trinajstić information content (AvgIpc) is 3.38. The lowest BCUT2D eigenvalue weighted by Crippen LogP contribution is -2.50. The number of ether oxygens (including phenoxy) is 1. The molecule has 45 heavy (non-hydrogen) atoms. The number of hydrogen-bond acceptors (Lipinski definition) is 9. The quantitative estimate of drug-likeness (QED) is 0.213. The van der Waals surface area contributed by atoms with Crippen molar-refractivity contribution in [2.75, 3.05) is 23.9 Å². The predicted octanol–water partition coefficient (Wildman–Crippen LogP) is 5.53. The van der Waals surface area contributed by atoms with Gasteiger partial charge in [0.1, 0.15) is 17.2 Å². The van der Waals surface area contributed by atoms with Gasteiger partial charge in [0, 0.05) is 61.2 Å². The van der Waals surface area contributed by atoms with E-state index in [-0.39, 0.29) is 40.5 Å². The number of pyridine rings is 1. The summed E-state index contributed by atoms with van der Waals surface area (Å²) < 4.78 is 59.7. The molecule has 4 heterocycles. The van der Waals surface area contributed by atoms with Crippen molar-refractivity contribution in [3.05, 3.63) is 53.7 Å². The Morgan fingerprint density at radius 2 is 1.73 bits per heavy atom. The van der Waals surface area contributed by atoms with Gasteiger partial charge in [0.2, 0.25) is 5.95 Å². The summed E-state index contributed by atoms with van der Waals surface area (Å²) in [5.74, 6) is 0.421. The summed E-state index contributed by atoms with van der Waals surface area (Å²) in [5, 5.41) is 9.81. The largest absolute Gasteiger partial charge is 0.467 e. The topological polar surface area (TPSA) is 136 Å². The number of aryl methyl sites for hydroxylation is 1. The minimum Gasteiger partial charge on any atom is -0.467 e. The summed E-state index contributed by atoms with van der Waals surface area (Å²) in [6.45, 7) is -0.803. The van der Waals surface area contributed by atoms with Crippen molar-refractivity contribution in [3.63, 3.8) is 0 Å². The van der Waals surface area contributed by atoms with Crippen LogP contribution in [0.5, 0.6) is 6.01 Å². The van der Waals surface area contributed by atoms with Crippen LogP contribution >= 0.6 is 11.6 Å². The molecule has 0 unspecified atom stereocenters. The minimum absolute atomic E-state index is 0.0700. The summed E-state index contributed by atoms with van der Waals surface area (Å²) in [5.41, 5.74) is 1.01. The maximum absolute atomic E-state index is 13.7. The number of nitrogens with one attached hydrogen (secondary N) is 2. The van der Waals surface area contributed by atoms with E-state index in [1.165, 1.54) is 22.9 Å². The number of methoxy groups -OCH3 is 1. The van der Waals surface area contributed by atoms with Crippen LogP contribution in [0.2, 0.25) is 5.02 Å². The summed E-state index contributed by atoms with van der Waals surface area (Å²) in [4.78, 5) is 35.5. The van der Waals surface area contributed by atoms with E-state index >= 15 is 0 Å². The fraction of sp³-hybridized carbons (Fsp3) is 0.393. The van der Waals surface area contributed by atoms with Gasteiger partial charge in [-0.25, -0.2) is 47.3 Å². The summed E-state index contributed by atoms with van der Waals surface area (Å²) in [6.07, 6.45) is 3.75. The van der Waals surface area contributed by atoms with Crippen LogP contribution in [0.1, 0.15) is 37.7 Å². The number of rotatable bonds is 10. The number of halogens is 5. The molecule has 4 aromatic heterocycles. The highest BCUT2D eigenvalue weighted by molar-refractivity contribution is 6.32. The molecule has 1 fully saturated rings. The molecule has 1 aliphatic rings. The molecule has 0 aromatic carbocycles. The smallest absolute Gasteiger partial charge is 0.323 e. The zero-order valence-electron chi connectivity index (χ0n) is 24.2. The molecule has 2 N–H and O–H groups in total. The van der Waals surface area contributed by atoms with Gasteiger partial charge in [-0.2, -0.15) is 5.10 Å². The Labute approximate surface area is 260 Å². The Balaban J connectivity index is 1.30. The van der Waals surface area contributed by atoms with Crippen LogP contribution in [-0.4, -0.2) is 72.9 Å². The van der Waals surface area contributed by atoms with E-state index in [0.29, 0.717) is 42.6 Å². The second-order valence-electron chi connectivity index (χ2n) is 10.3. The third kappa shape index (κ3) is 7.56. The molecule has 0 aliphatic heterocycles. The van der Waals surface area contributed by atoms with E-state index < -0.39 is 31.0 Å². The summed E-state index contributed by atoms with van der Waals surface area (Å²) >= 11 is 6.21. The van der Waals surface area contributed by atoms with E-state index in [1.807, 2.05) is 0 Å². The number of carbonyl (C=O) groups excluding carboxylic acids is 1. The third-order valence-corrected chi connectivity index (χ3v) is 7.50. The Bertz CT molecular complexity index is 1600. The van der Waals surface area contributed by atoms with Gasteiger partial charge in [-0.1, -0.05) is 11.6 Å². The van der Waals surface area contributed by atoms with Crippen molar-refractivity contribution in [1.29, 1.82) is 0 Å². The zero-order chi connectivity index (χ0) is 32.1. The molecular formula is C28H29ClF4N10O2. The van der Waals surface area contributed by atoms with Gasteiger partial charge in [-0.3, -0.25) is 9.58 Å². The van der Waals surface area contributed by atoms with E-state index in [0.717, 1.165) is 6.20 Å². The van der Waals surface area contributed by atoms with Crippen LogP contribution in [0.15, 0.2) is 43.1 Å². The van der Waals surface area contributed by atoms with Crippen LogP contribution in [0, 0.1) is 0 Å². The van der Waals surface area contributed by atoms with Gasteiger partial charge in [0.25, 0.3) is 12.9 Å². The number of alkyl halides is 4. The van der Waals surface area contributed by atoms with Crippen molar-refractivity contribution in [2.45, 2.75) is 50.6 Å². The lowest BCUT2D eigenvalue weighted by atomic mass is 9.90. The van der Waals surface area contributed by atoms with Gasteiger partial charge in [0.05, 0.1) is 24.2 Å². The standard InChI is InChI=1S/C28H29ClF4N10O2/c1-42-14-20(29)24(41-42)23-19(25(32)33)12-35-26(40-23)39-17-4-6-18(7-5-17)43(28(44)38-13-21(30)31)22-8-3-15(9-34-22)16-10-36-27(45-2)37-11-16/h3,8-12,14,17-18,21,25H,4-7,13H2,1-2H3,(H,38,44)(H,35,39,40). The lowest BCUT2D eigenvalue weighted by Gasteiger charge is -2.36. The Morgan fingerprint density at radius 1 is 1.02 bits per heavy atom. The molecule has 5 rings (SSSR count). The van der Waals surface area contributed by atoms with E-state index in [2.05, 4.69) is 40.7 Å². The first-order valence-corrected chi connectivity index (χ1v) is 14.3. The second kappa shape index (κ2) is 14.0. The molecule has 0 saturated heterocycles. The summed E-state index contributed by atoms with van der Waals surface area (Å²) in [6, 6.07) is 2.39. The minimum atomic E-state index is -2.84. The first-order valence-electron chi connectivity index (χ1n) is 13.9. The normalized spacial score (nSPS) is 16.6. The zero-order valence-corrected chi connectivity index (χ0v) is 24.9. The number of nitrogens with zero attached hydrogens (tertiary/aromatic N) is 8. The van der Waals surface area contributed by atoms with Crippen LogP contribution in [0.4, 0.5) is 34.1 Å². The lowest BCUT2D eigenvalue weighted by molar-refractivity contribution is 0.146. The molecule has 0 atom stereocenters. The van der Waals surface area contributed by atoms with Gasteiger partial charge in [-0.15, -0.1) is 0 Å². The Morgan fingerprint density at radius 3 is 2.31 bits per heavy atom. The highest BCUT2D eigenvalue weighted by Crippen LogP contribution is 2.34. The third-order valence-electron chi connectivity index (χ3n) is 7.22. The van der Waals surface area contributed by atoms with Crippen LogP contribution in [-0.2, 0) is 7.05 Å². The fourth-order valence-electron chi connectivity index (χ4n) is 5.07. The van der Waals surface area contributed by atoms with Gasteiger partial charge < -0.3 is 15.4 Å². The van der Waals surface area contributed by atoms with Crippen molar-refractivity contribution < 1.29 is 27.1 Å². The van der Waals surface area contributed by atoms with E-state index in [1.54, 1.807) is 37.8 Å². The molecule has 4 aromatic rings. The van der Waals surface area contributed by atoms with Crippen molar-refractivity contribution in [1.82, 2.24) is 40.0 Å². The Hall–Kier alpha value is -4.60. The number of urea groups is 1. The molecule has 1 saturated carbocycles. The first kappa shape index (κ1) is 31.8. The van der Waals surface area contributed by atoms with Crippen molar-refractivity contribution in [3.8, 4) is 28.5 Å². The van der Waals surface area contributed by atoms with E-state index in [4.69, 9.17) is 16.3 Å². The van der Waals surface area contributed by atoms with Crippen molar-refractivity contribution in [2.24, 2.45) is 7.05 Å². The monoisotopic (exact) mass is 648 g/mol. The Kier molecular flexibility index (Phi) is 9.90. The number of amides is 2. The number of hydrogen-bond donors (Lipinski definition) is 2. The predicted molar refractivity (Wildman–Crippen MR) is 158 cm³/mol. The molecule has 0 bridgehead atoms. The first-order chi connectivity index (χ1) is 21.6. The highest BCUT2D eigenvalue weighted by atomic mass is 35.5. The fourth-order valence-corrected chi connectivity index (χ4v) is 5.34. The van der Waals surface area contributed by atoms with Crippen LogP contribution in [0.3, 0.4) is 0 Å². The number of anilines is 2. The molecule has 0 spiro atoms. The number of aromatic nitrogens is 7. The molecule has 2 amide bonds. The molecule has 12 nitrogen and oxygen atoms in total. The van der Waals surface area contributed by atoms with Crippen LogP contribution < -0.4 is 20.3 Å². The van der Waals surface area contributed by atoms with Gasteiger partial charge in [0.15, 0.2) is 0 Å². The SMILES string of the molecule is COc1ncc(-c2ccc(N(C(=O)NCC(F)F)C3CCC(Nc4ncc(C(F)F)c(-c5nn(C)cc5Cl)n4)CC3)nc2)cn1. The highest BCUT2D eigenvalue weighted by Gasteiger charge is 2.32. The number of carbonyl (C=O) groups is 1. The molecule has 1 aliphatic carbocycles. The second-order valence-corrected chi connectivity index (χ2v) is 10.7. The molecule has 0 radical (unpaired) electrons. The van der Waals surface area contributed by atoms with Gasteiger partial charge >= 0.3 is 12.0 Å². The molecular weight excluding hydrogens is 620 g/mol. The van der Waals surface area contributed by atoms with Crippen molar-refractivity contribution >= 4 is 29.4 Å². The summed E-state index contributed by atoms with van der Waals surface area (Å²) in [7, 11) is 3.08. The van der Waals surface area contributed by atoms with E-state index in [9.17, 15) is 22.4 Å². The molecule has 17 heteroatoms. The van der Waals surface area contributed by atoms with Crippen LogP contribution in [0.25, 0.3) is 22.5 Å². The van der Waals surface area contributed by atoms with Gasteiger partial charge in [-0.05, 0) is 37.8 Å². The molecule has 238 valence electrons.